The third-order valence-corrected chi connectivity index (χ3v) is 5.72. The molecule has 1 fully saturated rings. The van der Waals surface area contributed by atoms with Crippen molar-refractivity contribution < 1.29 is 23.1 Å². The number of benzene rings is 1. The molecule has 0 aliphatic carbocycles. The lowest BCUT2D eigenvalue weighted by molar-refractivity contribution is -0.142. The van der Waals surface area contributed by atoms with Gasteiger partial charge < -0.3 is 9.84 Å². The van der Waals surface area contributed by atoms with Crippen LogP contribution in [0.3, 0.4) is 0 Å². The number of rotatable bonds is 4. The summed E-state index contributed by atoms with van der Waals surface area (Å²) < 4.78 is 31.6. The predicted molar refractivity (Wildman–Crippen MR) is 77.1 cm³/mol. The maximum absolute atomic E-state index is 12.6. The largest absolute Gasteiger partial charge is 0.495 e. The zero-order chi connectivity index (χ0) is 15.6. The smallest absolute Gasteiger partial charge is 0.306 e. The number of hydrogen-bond acceptors (Lipinski definition) is 4. The van der Waals surface area contributed by atoms with Gasteiger partial charge in [0.25, 0.3) is 0 Å². The molecule has 0 amide bonds. The van der Waals surface area contributed by atoms with Gasteiger partial charge in [-0.25, -0.2) is 8.42 Å². The first-order chi connectivity index (χ1) is 9.86. The summed E-state index contributed by atoms with van der Waals surface area (Å²) in [6.07, 6.45) is 0.620. The highest BCUT2D eigenvalue weighted by Gasteiger charge is 2.33. The highest BCUT2D eigenvalue weighted by molar-refractivity contribution is 7.89. The zero-order valence-electron chi connectivity index (χ0n) is 11.5. The number of piperidine rings is 1. The molecule has 1 aromatic rings. The second kappa shape index (κ2) is 6.21. The molecule has 1 aliphatic heterocycles. The number of hydrogen-bond donors (Lipinski definition) is 1. The summed E-state index contributed by atoms with van der Waals surface area (Å²) in [5.74, 6) is -1.18. The Morgan fingerprint density at radius 2 is 2.00 bits per heavy atom. The lowest BCUT2D eigenvalue weighted by Gasteiger charge is -2.29. The van der Waals surface area contributed by atoms with Crippen molar-refractivity contribution in [2.24, 2.45) is 5.92 Å². The number of halogens is 1. The quantitative estimate of drug-likeness (QED) is 0.908. The van der Waals surface area contributed by atoms with E-state index >= 15 is 0 Å². The minimum atomic E-state index is -3.71. The van der Waals surface area contributed by atoms with Crippen molar-refractivity contribution in [2.45, 2.75) is 17.7 Å². The Hall–Kier alpha value is -1.31. The third kappa shape index (κ3) is 3.30. The number of nitrogens with zero attached hydrogens (tertiary/aromatic N) is 1. The van der Waals surface area contributed by atoms with Crippen LogP contribution in [-0.2, 0) is 14.8 Å². The van der Waals surface area contributed by atoms with Crippen molar-refractivity contribution in [3.05, 3.63) is 23.2 Å². The molecular weight excluding hydrogens is 318 g/mol. The van der Waals surface area contributed by atoms with Crippen molar-refractivity contribution in [1.29, 1.82) is 0 Å². The zero-order valence-corrected chi connectivity index (χ0v) is 13.0. The van der Waals surface area contributed by atoms with Crippen molar-refractivity contribution in [1.82, 2.24) is 4.31 Å². The predicted octanol–water partition coefficient (Wildman–Crippen LogP) is 1.83. The highest BCUT2D eigenvalue weighted by atomic mass is 35.5. The molecule has 0 radical (unpaired) electrons. The summed E-state index contributed by atoms with van der Waals surface area (Å²) >= 11 is 5.83. The number of carboxylic acid groups (broad SMARTS) is 1. The number of carboxylic acids is 1. The van der Waals surface area contributed by atoms with E-state index in [1.54, 1.807) is 0 Å². The average Bonchev–Trinajstić information content (AvgIpc) is 2.46. The minimum Gasteiger partial charge on any atom is -0.495 e. The van der Waals surface area contributed by atoms with Crippen LogP contribution in [0.25, 0.3) is 0 Å². The van der Waals surface area contributed by atoms with Gasteiger partial charge in [0.2, 0.25) is 10.0 Å². The van der Waals surface area contributed by atoms with E-state index in [-0.39, 0.29) is 23.7 Å². The fraction of sp³-hybridized carbons (Fsp3) is 0.462. The van der Waals surface area contributed by atoms with E-state index in [0.717, 1.165) is 0 Å². The standard InChI is InChI=1S/C13H16ClNO5S/c1-20-11-8-10(14)2-3-12(11)21(18,19)15-6-4-9(5-7-15)13(16)17/h2-3,8-9H,4-7H2,1H3,(H,16,17). The Morgan fingerprint density at radius 3 is 2.52 bits per heavy atom. The molecule has 0 unspecified atom stereocenters. The van der Waals surface area contributed by atoms with Gasteiger partial charge in [0.15, 0.2) is 0 Å². The first-order valence-electron chi connectivity index (χ1n) is 6.42. The van der Waals surface area contributed by atoms with Crippen molar-refractivity contribution in [3.8, 4) is 5.75 Å². The molecule has 1 heterocycles. The van der Waals surface area contributed by atoms with Crippen LogP contribution in [0.4, 0.5) is 0 Å². The van der Waals surface area contributed by atoms with Crippen LogP contribution < -0.4 is 4.74 Å². The molecule has 0 atom stereocenters. The molecule has 1 saturated heterocycles. The van der Waals surface area contributed by atoms with Gasteiger partial charge in [0.05, 0.1) is 13.0 Å². The van der Waals surface area contributed by atoms with Gasteiger partial charge in [-0.1, -0.05) is 11.6 Å². The topological polar surface area (TPSA) is 83.9 Å². The van der Waals surface area contributed by atoms with Crippen LogP contribution in [0.15, 0.2) is 23.1 Å². The number of methoxy groups -OCH3 is 1. The maximum atomic E-state index is 12.6. The molecule has 1 aliphatic rings. The van der Waals surface area contributed by atoms with Crippen LogP contribution in [-0.4, -0.2) is 44.0 Å². The summed E-state index contributed by atoms with van der Waals surface area (Å²) in [6, 6.07) is 4.33. The lowest BCUT2D eigenvalue weighted by Crippen LogP contribution is -2.40. The summed E-state index contributed by atoms with van der Waals surface area (Å²) in [7, 11) is -2.34. The van der Waals surface area contributed by atoms with E-state index in [4.69, 9.17) is 21.4 Å². The molecule has 21 heavy (non-hydrogen) atoms. The highest BCUT2D eigenvalue weighted by Crippen LogP contribution is 2.31. The van der Waals surface area contributed by atoms with Crippen molar-refractivity contribution in [3.63, 3.8) is 0 Å². The molecule has 6 nitrogen and oxygen atoms in total. The monoisotopic (exact) mass is 333 g/mol. The molecule has 0 aromatic heterocycles. The summed E-state index contributed by atoms with van der Waals surface area (Å²) in [5, 5.41) is 9.34. The Labute approximate surface area is 128 Å². The molecule has 2 rings (SSSR count). The van der Waals surface area contributed by atoms with E-state index in [1.165, 1.54) is 29.6 Å². The molecular formula is C13H16ClNO5S. The Kier molecular flexibility index (Phi) is 4.75. The second-order valence-corrected chi connectivity index (χ2v) is 7.15. The number of ether oxygens (including phenoxy) is 1. The van der Waals surface area contributed by atoms with Crippen molar-refractivity contribution >= 4 is 27.6 Å². The van der Waals surface area contributed by atoms with Gasteiger partial charge in [-0.05, 0) is 25.0 Å². The first-order valence-corrected chi connectivity index (χ1v) is 8.24. The average molecular weight is 334 g/mol. The lowest BCUT2D eigenvalue weighted by atomic mass is 9.99. The van der Waals surface area contributed by atoms with Crippen LogP contribution in [0, 0.1) is 5.92 Å². The fourth-order valence-corrected chi connectivity index (χ4v) is 4.11. The second-order valence-electron chi connectivity index (χ2n) is 4.81. The summed E-state index contributed by atoms with van der Waals surface area (Å²) in [4.78, 5) is 11.0. The van der Waals surface area contributed by atoms with Crippen LogP contribution in [0.1, 0.15) is 12.8 Å². The van der Waals surface area contributed by atoms with Crippen LogP contribution in [0.5, 0.6) is 5.75 Å². The van der Waals surface area contributed by atoms with E-state index in [0.29, 0.717) is 17.9 Å². The Bertz CT molecular complexity index is 638. The SMILES string of the molecule is COc1cc(Cl)ccc1S(=O)(=O)N1CCC(C(=O)O)CC1. The van der Waals surface area contributed by atoms with E-state index < -0.39 is 21.9 Å². The molecule has 0 spiro atoms. The maximum Gasteiger partial charge on any atom is 0.306 e. The van der Waals surface area contributed by atoms with Crippen LogP contribution >= 0.6 is 11.6 Å². The molecule has 116 valence electrons. The third-order valence-electron chi connectivity index (χ3n) is 3.55. The fourth-order valence-electron chi connectivity index (χ4n) is 2.34. The molecule has 0 saturated carbocycles. The van der Waals surface area contributed by atoms with Crippen molar-refractivity contribution in [2.75, 3.05) is 20.2 Å². The molecule has 1 N–H and O–H groups in total. The first kappa shape index (κ1) is 16.1. The Balaban J connectivity index is 2.25. The minimum absolute atomic E-state index is 0.0446. The number of carbonyl (C=O) groups is 1. The molecule has 0 bridgehead atoms. The number of sulfonamides is 1. The van der Waals surface area contributed by atoms with E-state index in [9.17, 15) is 13.2 Å². The summed E-state index contributed by atoms with van der Waals surface area (Å²) in [6.45, 7) is 0.371. The summed E-state index contributed by atoms with van der Waals surface area (Å²) in [5.41, 5.74) is 0. The van der Waals surface area contributed by atoms with Crippen LogP contribution in [0.2, 0.25) is 5.02 Å². The normalized spacial score (nSPS) is 17.6. The van der Waals surface area contributed by atoms with Gasteiger partial charge in [0, 0.05) is 24.2 Å². The molecule has 1 aromatic carbocycles. The van der Waals surface area contributed by atoms with Gasteiger partial charge in [0.1, 0.15) is 10.6 Å². The van der Waals surface area contributed by atoms with Gasteiger partial charge >= 0.3 is 5.97 Å². The van der Waals surface area contributed by atoms with Gasteiger partial charge in [-0.3, -0.25) is 4.79 Å². The van der Waals surface area contributed by atoms with Gasteiger partial charge in [-0.2, -0.15) is 4.31 Å². The Morgan fingerprint density at radius 1 is 1.38 bits per heavy atom. The van der Waals surface area contributed by atoms with Gasteiger partial charge in [-0.15, -0.1) is 0 Å². The van der Waals surface area contributed by atoms with E-state index in [2.05, 4.69) is 0 Å². The molecule has 8 heteroatoms. The number of aliphatic carboxylic acids is 1. The van der Waals surface area contributed by atoms with E-state index in [1.807, 2.05) is 0 Å².